The van der Waals surface area contributed by atoms with E-state index in [4.69, 9.17) is 4.98 Å². The van der Waals surface area contributed by atoms with Gasteiger partial charge in [-0.05, 0) is 18.2 Å². The molecule has 2 aromatic heterocycles. The summed E-state index contributed by atoms with van der Waals surface area (Å²) in [6.45, 7) is 0. The first-order chi connectivity index (χ1) is 8.43. The van der Waals surface area contributed by atoms with Crippen LogP contribution in [0.2, 0.25) is 0 Å². The van der Waals surface area contributed by atoms with Gasteiger partial charge in [-0.1, -0.05) is 24.3 Å². The average Bonchev–Trinajstić information content (AvgIpc) is 2.78. The van der Waals surface area contributed by atoms with Crippen molar-refractivity contribution in [1.29, 1.82) is 0 Å². The third-order valence-electron chi connectivity index (χ3n) is 3.14. The summed E-state index contributed by atoms with van der Waals surface area (Å²) in [6, 6.07) is 14.7. The zero-order valence-corrected chi connectivity index (χ0v) is 9.95. The molecular weight excluding hydrogens is 228 g/mol. The number of rotatable bonds is 0. The van der Waals surface area contributed by atoms with E-state index in [1.807, 2.05) is 17.8 Å². The molecule has 0 atom stereocenters. The van der Waals surface area contributed by atoms with Gasteiger partial charge >= 0.3 is 0 Å². The van der Waals surface area contributed by atoms with Crippen molar-refractivity contribution in [1.82, 2.24) is 9.38 Å². The summed E-state index contributed by atoms with van der Waals surface area (Å²) in [5, 5.41) is 0. The minimum Gasteiger partial charge on any atom is -0.303 e. The Hall–Kier alpha value is -1.74. The maximum Gasteiger partial charge on any atom is 0.137 e. The van der Waals surface area contributed by atoms with Crippen molar-refractivity contribution >= 4 is 17.4 Å². The van der Waals surface area contributed by atoms with E-state index in [0.717, 1.165) is 17.1 Å². The van der Waals surface area contributed by atoms with Crippen LogP contribution in [0, 0.1) is 0 Å². The number of pyridine rings is 1. The maximum atomic E-state index is 4.74. The lowest BCUT2D eigenvalue weighted by Gasteiger charge is -2.14. The summed E-state index contributed by atoms with van der Waals surface area (Å²) in [5.41, 5.74) is 4.76. The smallest absolute Gasteiger partial charge is 0.137 e. The van der Waals surface area contributed by atoms with Gasteiger partial charge in [-0.25, -0.2) is 4.98 Å². The van der Waals surface area contributed by atoms with Crippen LogP contribution in [0.5, 0.6) is 0 Å². The predicted molar refractivity (Wildman–Crippen MR) is 70.2 cm³/mol. The Morgan fingerprint density at radius 2 is 1.94 bits per heavy atom. The highest BCUT2D eigenvalue weighted by atomic mass is 32.2. The lowest BCUT2D eigenvalue weighted by Crippen LogP contribution is -1.97. The summed E-state index contributed by atoms with van der Waals surface area (Å²) >= 11 is 1.89. The Labute approximate surface area is 103 Å². The molecule has 3 heteroatoms. The van der Waals surface area contributed by atoms with Crippen LogP contribution < -0.4 is 0 Å². The molecular formula is C14H10N2S. The lowest BCUT2D eigenvalue weighted by atomic mass is 10.1. The molecule has 17 heavy (non-hydrogen) atoms. The van der Waals surface area contributed by atoms with Crippen molar-refractivity contribution in [3.8, 4) is 11.3 Å². The normalized spacial score (nSPS) is 13.4. The minimum absolute atomic E-state index is 0.998. The van der Waals surface area contributed by atoms with Gasteiger partial charge in [0.25, 0.3) is 0 Å². The van der Waals surface area contributed by atoms with Gasteiger partial charge in [-0.3, -0.25) is 0 Å². The first-order valence-electron chi connectivity index (χ1n) is 5.62. The molecule has 0 N–H and O–H groups in total. The Morgan fingerprint density at radius 3 is 2.94 bits per heavy atom. The van der Waals surface area contributed by atoms with Gasteiger partial charge in [0, 0.05) is 22.4 Å². The quantitative estimate of drug-likeness (QED) is 0.595. The fraction of sp³-hybridized carbons (Fsp3) is 0.0714. The fourth-order valence-electron chi connectivity index (χ4n) is 2.33. The standard InChI is InChI=1S/C14H10N2S/c1-2-6-12-10(5-1)14-11(9-17-12)16-8-4-3-7-13(16)15-14/h1-8H,9H2. The van der Waals surface area contributed by atoms with Crippen molar-refractivity contribution in [2.24, 2.45) is 0 Å². The molecule has 1 aliphatic heterocycles. The van der Waals surface area contributed by atoms with Gasteiger partial charge in [-0.2, -0.15) is 0 Å². The number of hydrogen-bond donors (Lipinski definition) is 0. The minimum atomic E-state index is 0.998. The molecule has 0 saturated heterocycles. The van der Waals surface area contributed by atoms with Crippen LogP contribution in [0.4, 0.5) is 0 Å². The third-order valence-corrected chi connectivity index (χ3v) is 4.22. The Bertz CT molecular complexity index is 715. The number of hydrogen-bond acceptors (Lipinski definition) is 2. The number of fused-ring (bicyclic) bond motifs is 5. The molecule has 1 aromatic carbocycles. The first kappa shape index (κ1) is 9.31. The van der Waals surface area contributed by atoms with Crippen molar-refractivity contribution in [2.45, 2.75) is 10.6 Å². The molecule has 3 aromatic rings. The molecule has 0 saturated carbocycles. The van der Waals surface area contributed by atoms with E-state index in [1.165, 1.54) is 16.2 Å². The van der Waals surface area contributed by atoms with Gasteiger partial charge in [0.15, 0.2) is 0 Å². The van der Waals surface area contributed by atoms with Crippen LogP contribution in [-0.2, 0) is 5.75 Å². The molecule has 2 nitrogen and oxygen atoms in total. The van der Waals surface area contributed by atoms with Crippen molar-refractivity contribution < 1.29 is 0 Å². The number of thioether (sulfide) groups is 1. The fourth-order valence-corrected chi connectivity index (χ4v) is 3.40. The molecule has 3 heterocycles. The summed E-state index contributed by atoms with van der Waals surface area (Å²) in [5.74, 6) is 0.998. The maximum absolute atomic E-state index is 4.74. The second-order valence-electron chi connectivity index (χ2n) is 4.12. The zero-order chi connectivity index (χ0) is 11.2. The number of benzene rings is 1. The summed E-state index contributed by atoms with van der Waals surface area (Å²) in [6.07, 6.45) is 2.09. The SMILES string of the molecule is c1ccc2c(c1)SCc1c-2nc2ccccn12. The molecule has 4 rings (SSSR count). The van der Waals surface area contributed by atoms with Crippen LogP contribution in [0.3, 0.4) is 0 Å². The van der Waals surface area contributed by atoms with E-state index in [0.29, 0.717) is 0 Å². The Morgan fingerprint density at radius 1 is 1.06 bits per heavy atom. The zero-order valence-electron chi connectivity index (χ0n) is 9.13. The average molecular weight is 238 g/mol. The molecule has 1 aliphatic rings. The summed E-state index contributed by atoms with van der Waals surface area (Å²) < 4.78 is 2.19. The van der Waals surface area contributed by atoms with E-state index >= 15 is 0 Å². The van der Waals surface area contributed by atoms with E-state index < -0.39 is 0 Å². The number of imidazole rings is 1. The van der Waals surface area contributed by atoms with Crippen LogP contribution >= 0.6 is 11.8 Å². The molecule has 0 fully saturated rings. The van der Waals surface area contributed by atoms with Crippen LogP contribution in [0.1, 0.15) is 5.69 Å². The molecule has 0 spiro atoms. The highest BCUT2D eigenvalue weighted by Crippen LogP contribution is 2.40. The van der Waals surface area contributed by atoms with Crippen molar-refractivity contribution in [3.63, 3.8) is 0 Å². The molecule has 82 valence electrons. The van der Waals surface area contributed by atoms with Crippen molar-refractivity contribution in [2.75, 3.05) is 0 Å². The second kappa shape index (κ2) is 3.37. The highest BCUT2D eigenvalue weighted by Gasteiger charge is 2.20. The van der Waals surface area contributed by atoms with Crippen molar-refractivity contribution in [3.05, 3.63) is 54.4 Å². The van der Waals surface area contributed by atoms with Gasteiger partial charge < -0.3 is 4.40 Å². The number of aromatic nitrogens is 2. The first-order valence-corrected chi connectivity index (χ1v) is 6.60. The Kier molecular flexibility index (Phi) is 1.85. The van der Waals surface area contributed by atoms with Gasteiger partial charge in [-0.15, -0.1) is 11.8 Å². The summed E-state index contributed by atoms with van der Waals surface area (Å²) in [4.78, 5) is 6.08. The monoisotopic (exact) mass is 238 g/mol. The molecule has 0 bridgehead atoms. The van der Waals surface area contributed by atoms with E-state index in [-0.39, 0.29) is 0 Å². The number of nitrogens with zero attached hydrogens (tertiary/aromatic N) is 2. The Balaban J connectivity index is 2.10. The van der Waals surface area contributed by atoms with E-state index in [2.05, 4.69) is 47.0 Å². The largest absolute Gasteiger partial charge is 0.303 e. The van der Waals surface area contributed by atoms with Crippen LogP contribution in [-0.4, -0.2) is 9.38 Å². The predicted octanol–water partition coefficient (Wildman–Crippen LogP) is 3.61. The van der Waals surface area contributed by atoms with E-state index in [9.17, 15) is 0 Å². The lowest BCUT2D eigenvalue weighted by molar-refractivity contribution is 1.09. The van der Waals surface area contributed by atoms with E-state index in [1.54, 1.807) is 0 Å². The van der Waals surface area contributed by atoms with Crippen LogP contribution in [0.25, 0.3) is 16.9 Å². The highest BCUT2D eigenvalue weighted by molar-refractivity contribution is 7.98. The summed E-state index contributed by atoms with van der Waals surface area (Å²) in [7, 11) is 0. The van der Waals surface area contributed by atoms with Gasteiger partial charge in [0.1, 0.15) is 5.65 Å². The topological polar surface area (TPSA) is 17.3 Å². The second-order valence-corrected chi connectivity index (χ2v) is 5.14. The van der Waals surface area contributed by atoms with Gasteiger partial charge in [0.05, 0.1) is 11.4 Å². The molecule has 0 amide bonds. The molecule has 0 aliphatic carbocycles. The van der Waals surface area contributed by atoms with Gasteiger partial charge in [0.2, 0.25) is 0 Å². The molecule has 0 radical (unpaired) electrons. The van der Waals surface area contributed by atoms with Crippen LogP contribution in [0.15, 0.2) is 53.6 Å². The molecule has 0 unspecified atom stereocenters. The third kappa shape index (κ3) is 1.26.